The lowest BCUT2D eigenvalue weighted by Crippen LogP contribution is -2.21. The predicted octanol–water partition coefficient (Wildman–Crippen LogP) is 6.00. The van der Waals surface area contributed by atoms with E-state index in [0.717, 1.165) is 35.0 Å². The van der Waals surface area contributed by atoms with Crippen LogP contribution in [0.25, 0.3) is 17.0 Å². The van der Waals surface area contributed by atoms with Gasteiger partial charge in [0.05, 0.1) is 5.71 Å². The van der Waals surface area contributed by atoms with Crippen LogP contribution in [0, 0.1) is 5.92 Å². The molecule has 0 amide bonds. The predicted molar refractivity (Wildman–Crippen MR) is 138 cm³/mol. The third kappa shape index (κ3) is 4.47. The van der Waals surface area contributed by atoms with Gasteiger partial charge in [-0.2, -0.15) is 0 Å². The van der Waals surface area contributed by atoms with Gasteiger partial charge in [-0.05, 0) is 87.6 Å². The second kappa shape index (κ2) is 9.80. The van der Waals surface area contributed by atoms with Crippen LogP contribution < -0.4 is 0 Å². The van der Waals surface area contributed by atoms with E-state index < -0.39 is 0 Å². The molecule has 1 N–H and O–H groups in total. The molecule has 1 aliphatic carbocycles. The van der Waals surface area contributed by atoms with E-state index in [9.17, 15) is 14.7 Å². The van der Waals surface area contributed by atoms with Crippen molar-refractivity contribution < 1.29 is 14.7 Å². The first-order valence-electron chi connectivity index (χ1n) is 12.1. The zero-order chi connectivity index (χ0) is 24.4. The summed E-state index contributed by atoms with van der Waals surface area (Å²) in [4.78, 5) is 31.0. The number of carbonyl (C=O) groups excluding carboxylic acids is 2. The first kappa shape index (κ1) is 23.7. The van der Waals surface area contributed by atoms with Crippen molar-refractivity contribution in [3.8, 4) is 5.75 Å². The number of carbonyl (C=O) groups is 2. The largest absolute Gasteiger partial charge is 0.508 e. The van der Waals surface area contributed by atoms with Crippen molar-refractivity contribution in [1.82, 2.24) is 4.57 Å². The molecule has 2 aromatic carbocycles. The molecule has 5 heteroatoms. The topological polar surface area (TPSA) is 71.7 Å². The van der Waals surface area contributed by atoms with E-state index in [1.54, 1.807) is 12.1 Å². The number of fused-ring (bicyclic) bond motifs is 3. The van der Waals surface area contributed by atoms with Crippen molar-refractivity contribution in [2.75, 3.05) is 6.54 Å². The molecule has 0 aliphatic heterocycles. The Labute approximate surface area is 200 Å². The number of phenols is 1. The van der Waals surface area contributed by atoms with Gasteiger partial charge in [-0.3, -0.25) is 14.6 Å². The number of aryl methyl sites for hydroxylation is 1. The van der Waals surface area contributed by atoms with Crippen molar-refractivity contribution in [1.29, 1.82) is 0 Å². The lowest BCUT2D eigenvalue weighted by Gasteiger charge is -2.17. The van der Waals surface area contributed by atoms with Gasteiger partial charge in [-0.25, -0.2) is 0 Å². The minimum Gasteiger partial charge on any atom is -0.508 e. The average Bonchev–Trinajstić information content (AvgIpc) is 3.15. The Balaban J connectivity index is 1.79. The molecule has 0 fully saturated rings. The molecule has 0 saturated heterocycles. The first-order chi connectivity index (χ1) is 16.3. The fourth-order valence-corrected chi connectivity index (χ4v) is 4.82. The van der Waals surface area contributed by atoms with Crippen LogP contribution in [0.4, 0.5) is 0 Å². The number of aromatic nitrogens is 1. The number of hydrogen-bond acceptors (Lipinski definition) is 4. The fourth-order valence-electron chi connectivity index (χ4n) is 4.82. The zero-order valence-corrected chi connectivity index (χ0v) is 20.4. The maximum absolute atomic E-state index is 13.4. The molecule has 0 saturated carbocycles. The molecule has 4 rings (SSSR count). The normalized spacial score (nSPS) is 13.8. The van der Waals surface area contributed by atoms with Crippen LogP contribution in [-0.4, -0.2) is 33.5 Å². The monoisotopic (exact) mass is 456 g/mol. The number of allylic oxidation sites excluding steroid dienone is 1. The number of aromatic hydroxyl groups is 1. The van der Waals surface area contributed by atoms with Crippen LogP contribution in [0.3, 0.4) is 0 Å². The van der Waals surface area contributed by atoms with Crippen molar-refractivity contribution in [3.63, 3.8) is 0 Å². The van der Waals surface area contributed by atoms with Gasteiger partial charge < -0.3 is 9.67 Å². The van der Waals surface area contributed by atoms with E-state index in [4.69, 9.17) is 0 Å². The lowest BCUT2D eigenvalue weighted by molar-refractivity contribution is -0.110. The Morgan fingerprint density at radius 2 is 1.74 bits per heavy atom. The summed E-state index contributed by atoms with van der Waals surface area (Å²) in [5.41, 5.74) is 5.90. The lowest BCUT2D eigenvalue weighted by atomic mass is 9.89. The Morgan fingerprint density at radius 3 is 2.38 bits per heavy atom. The zero-order valence-electron chi connectivity index (χ0n) is 20.4. The molecule has 0 unspecified atom stereocenters. The molecule has 0 atom stereocenters. The molecule has 1 aliphatic rings. The summed E-state index contributed by atoms with van der Waals surface area (Å²) in [5, 5.41) is 10.5. The smallest absolute Gasteiger partial charge is 0.202 e. The minimum absolute atomic E-state index is 0.0509. The number of aliphatic imine (C=N–C) groups is 1. The Bertz CT molecular complexity index is 1310. The summed E-state index contributed by atoms with van der Waals surface area (Å²) in [7, 11) is 0. The van der Waals surface area contributed by atoms with Crippen molar-refractivity contribution in [3.05, 3.63) is 70.4 Å². The summed E-state index contributed by atoms with van der Waals surface area (Å²) in [6, 6.07) is 12.1. The summed E-state index contributed by atoms with van der Waals surface area (Å²) < 4.78 is 2.28. The van der Waals surface area contributed by atoms with E-state index in [0.29, 0.717) is 42.1 Å². The van der Waals surface area contributed by atoms with Crippen LogP contribution in [-0.2, 0) is 17.8 Å². The van der Waals surface area contributed by atoms with Gasteiger partial charge in [0, 0.05) is 51.9 Å². The standard InChI is InChI=1S/C29H32N2O3/c1-5-30-25(15-18(3)4)29(34)21-10-14-27-24(17-21)23-16-20(9-13-26(23)31(27)6-2)28(33)19-7-11-22(32)12-8-19/h7-9,11-13,16-18,32H,5-6,10,14-15H2,1-4H3. The highest BCUT2D eigenvalue weighted by Gasteiger charge is 2.25. The highest BCUT2D eigenvalue weighted by molar-refractivity contribution is 6.46. The SMILES string of the molecule is CCN=C(CC(C)C)C(=O)C1=Cc2c(n(CC)c3ccc(C(=O)c4ccc(O)cc4)cc23)CC1. The van der Waals surface area contributed by atoms with Crippen LogP contribution in [0.15, 0.2) is 53.0 Å². The van der Waals surface area contributed by atoms with E-state index in [1.165, 1.54) is 17.8 Å². The third-order valence-corrected chi connectivity index (χ3v) is 6.38. The maximum atomic E-state index is 13.4. The number of ketones is 2. The summed E-state index contributed by atoms with van der Waals surface area (Å²) in [6.45, 7) is 9.71. The van der Waals surface area contributed by atoms with Gasteiger partial charge >= 0.3 is 0 Å². The van der Waals surface area contributed by atoms with E-state index in [2.05, 4.69) is 30.3 Å². The number of phenolic OH excluding ortho intramolecular Hbond substituents is 1. The molecule has 176 valence electrons. The van der Waals surface area contributed by atoms with Gasteiger partial charge in [0.15, 0.2) is 5.78 Å². The number of nitrogens with zero attached hydrogens (tertiary/aromatic N) is 2. The number of rotatable bonds is 8. The van der Waals surface area contributed by atoms with Crippen LogP contribution in [0.1, 0.15) is 67.7 Å². The van der Waals surface area contributed by atoms with E-state index >= 15 is 0 Å². The quantitative estimate of drug-likeness (QED) is 0.334. The molecule has 1 heterocycles. The number of benzene rings is 2. The molecule has 0 bridgehead atoms. The molecule has 34 heavy (non-hydrogen) atoms. The molecule has 0 radical (unpaired) electrons. The Morgan fingerprint density at radius 1 is 1.03 bits per heavy atom. The van der Waals surface area contributed by atoms with Gasteiger partial charge in [0.25, 0.3) is 0 Å². The second-order valence-electron chi connectivity index (χ2n) is 9.23. The summed E-state index contributed by atoms with van der Waals surface area (Å²) >= 11 is 0. The average molecular weight is 457 g/mol. The second-order valence-corrected chi connectivity index (χ2v) is 9.23. The summed E-state index contributed by atoms with van der Waals surface area (Å²) in [5.74, 6) is 0.455. The van der Waals surface area contributed by atoms with Crippen molar-refractivity contribution >= 4 is 34.3 Å². The Hall–Kier alpha value is -3.47. The van der Waals surface area contributed by atoms with Crippen molar-refractivity contribution in [2.45, 2.75) is 53.5 Å². The molecular weight excluding hydrogens is 424 g/mol. The molecule has 3 aromatic rings. The van der Waals surface area contributed by atoms with Crippen LogP contribution >= 0.6 is 0 Å². The van der Waals surface area contributed by atoms with Crippen LogP contribution in [0.5, 0.6) is 5.75 Å². The number of Topliss-reactive ketones (excluding diaryl/α,β-unsaturated/α-hetero) is 1. The minimum atomic E-state index is -0.0923. The van der Waals surface area contributed by atoms with Gasteiger partial charge in [-0.1, -0.05) is 13.8 Å². The molecule has 5 nitrogen and oxygen atoms in total. The highest BCUT2D eigenvalue weighted by Crippen LogP contribution is 2.35. The van der Waals surface area contributed by atoms with Crippen LogP contribution in [0.2, 0.25) is 0 Å². The summed E-state index contributed by atoms with van der Waals surface area (Å²) in [6.07, 6.45) is 4.19. The highest BCUT2D eigenvalue weighted by atomic mass is 16.3. The fraction of sp³-hybridized carbons (Fsp3) is 0.345. The molecular formula is C29H32N2O3. The van der Waals surface area contributed by atoms with Gasteiger partial charge in [0.2, 0.25) is 5.78 Å². The maximum Gasteiger partial charge on any atom is 0.202 e. The van der Waals surface area contributed by atoms with Gasteiger partial charge in [0.1, 0.15) is 5.75 Å². The Kier molecular flexibility index (Phi) is 6.82. The molecule has 0 spiro atoms. The van der Waals surface area contributed by atoms with Crippen molar-refractivity contribution in [2.24, 2.45) is 10.9 Å². The third-order valence-electron chi connectivity index (χ3n) is 6.38. The van der Waals surface area contributed by atoms with Gasteiger partial charge in [-0.15, -0.1) is 0 Å². The number of hydrogen-bond donors (Lipinski definition) is 1. The van der Waals surface area contributed by atoms with E-state index in [1.807, 2.05) is 31.2 Å². The first-order valence-corrected chi connectivity index (χ1v) is 12.1. The van der Waals surface area contributed by atoms with E-state index in [-0.39, 0.29) is 17.3 Å². The molecule has 1 aromatic heterocycles.